The summed E-state index contributed by atoms with van der Waals surface area (Å²) in [5.74, 6) is 2.52. The van der Waals surface area contributed by atoms with E-state index < -0.39 is 0 Å². The van der Waals surface area contributed by atoms with Crippen molar-refractivity contribution >= 4 is 0 Å². The molecule has 0 saturated heterocycles. The minimum atomic E-state index is 1.09. The number of terminal acetylenes is 1. The van der Waals surface area contributed by atoms with Crippen LogP contribution in [0.4, 0.5) is 0 Å². The van der Waals surface area contributed by atoms with Crippen molar-refractivity contribution in [1.82, 2.24) is 0 Å². The van der Waals surface area contributed by atoms with Crippen LogP contribution >= 0.6 is 0 Å². The molecular weight excluding hydrogens is 204 g/mol. The molecule has 88 valence electrons. The summed E-state index contributed by atoms with van der Waals surface area (Å²) in [6.07, 6.45) is 11.1. The zero-order valence-corrected chi connectivity index (χ0v) is 11.0. The summed E-state index contributed by atoms with van der Waals surface area (Å²) in [5, 5.41) is 0. The number of benzene rings is 1. The van der Waals surface area contributed by atoms with Crippen LogP contribution in [0.5, 0.6) is 0 Å². The zero-order chi connectivity index (χ0) is 12.7. The molecule has 0 atom stereocenters. The van der Waals surface area contributed by atoms with E-state index in [1.165, 1.54) is 22.3 Å². The molecule has 0 spiro atoms. The molecule has 0 unspecified atom stereocenters. The number of allylic oxidation sites excluding steroid dienone is 4. The fourth-order valence-corrected chi connectivity index (χ4v) is 1.71. The van der Waals surface area contributed by atoms with E-state index in [9.17, 15) is 0 Å². The molecule has 0 heteroatoms. The van der Waals surface area contributed by atoms with E-state index in [1.54, 1.807) is 6.08 Å². The molecule has 1 aromatic rings. The summed E-state index contributed by atoms with van der Waals surface area (Å²) in [7, 11) is 0. The monoisotopic (exact) mass is 224 g/mol. The highest BCUT2D eigenvalue weighted by Crippen LogP contribution is 2.14. The molecule has 0 nitrogen and oxygen atoms in total. The molecular formula is C17H20. The van der Waals surface area contributed by atoms with Crippen LogP contribution in [0.3, 0.4) is 0 Å². The predicted molar refractivity (Wildman–Crippen MR) is 75.8 cm³/mol. The second kappa shape index (κ2) is 6.76. The molecule has 0 amide bonds. The first-order chi connectivity index (χ1) is 8.13. The van der Waals surface area contributed by atoms with Crippen LogP contribution < -0.4 is 0 Å². The lowest BCUT2D eigenvalue weighted by Crippen LogP contribution is -1.89. The highest BCUT2D eigenvalue weighted by atomic mass is 14.0. The summed E-state index contributed by atoms with van der Waals surface area (Å²) in [6, 6.07) is 8.69. The Labute approximate surface area is 105 Å². The molecule has 0 saturated carbocycles. The van der Waals surface area contributed by atoms with Gasteiger partial charge in [-0.15, -0.1) is 6.42 Å². The summed E-state index contributed by atoms with van der Waals surface area (Å²) < 4.78 is 0. The van der Waals surface area contributed by atoms with Gasteiger partial charge in [0.25, 0.3) is 0 Å². The van der Waals surface area contributed by atoms with Crippen LogP contribution in [0, 0.1) is 19.3 Å². The van der Waals surface area contributed by atoms with Gasteiger partial charge >= 0.3 is 0 Å². The first-order valence-electron chi connectivity index (χ1n) is 5.98. The predicted octanol–water partition coefficient (Wildman–Crippen LogP) is 4.45. The summed E-state index contributed by atoms with van der Waals surface area (Å²) in [5.41, 5.74) is 5.40. The van der Waals surface area contributed by atoms with Gasteiger partial charge in [-0.05, 0) is 45.3 Å². The van der Waals surface area contributed by atoms with Gasteiger partial charge < -0.3 is 0 Å². The fraction of sp³-hybridized carbons (Fsp3) is 0.294. The van der Waals surface area contributed by atoms with Crippen LogP contribution in [-0.2, 0) is 6.42 Å². The highest BCUT2D eigenvalue weighted by Gasteiger charge is 1.97. The minimum absolute atomic E-state index is 1.09. The number of rotatable bonds is 4. The van der Waals surface area contributed by atoms with Gasteiger partial charge in [0.05, 0.1) is 0 Å². The van der Waals surface area contributed by atoms with Crippen LogP contribution in [-0.4, -0.2) is 0 Å². The number of aryl methyl sites for hydroxylation is 2. The first-order valence-corrected chi connectivity index (χ1v) is 5.98. The Balaban J connectivity index is 2.62. The molecule has 0 N–H and O–H groups in total. The maximum Gasteiger partial charge on any atom is -0.0119 e. The second-order valence-corrected chi connectivity index (χ2v) is 4.45. The van der Waals surface area contributed by atoms with Crippen LogP contribution in [0.2, 0.25) is 0 Å². The Morgan fingerprint density at radius 2 is 2.12 bits per heavy atom. The van der Waals surface area contributed by atoms with Gasteiger partial charge in [0.15, 0.2) is 0 Å². The molecule has 1 rings (SSSR count). The summed E-state index contributed by atoms with van der Waals surface area (Å²) >= 11 is 0. The number of hydrogen-bond acceptors (Lipinski definition) is 0. The molecule has 0 bridgehead atoms. The molecule has 0 fully saturated rings. The average molecular weight is 224 g/mol. The third-order valence-corrected chi connectivity index (χ3v) is 2.97. The summed E-state index contributed by atoms with van der Waals surface area (Å²) in [4.78, 5) is 0. The van der Waals surface area contributed by atoms with E-state index in [0.717, 1.165) is 12.8 Å². The molecule has 0 aliphatic rings. The van der Waals surface area contributed by atoms with Gasteiger partial charge in [-0.3, -0.25) is 0 Å². The summed E-state index contributed by atoms with van der Waals surface area (Å²) in [6.45, 7) is 6.42. The maximum absolute atomic E-state index is 5.20. The zero-order valence-electron chi connectivity index (χ0n) is 11.0. The molecule has 17 heavy (non-hydrogen) atoms. The lowest BCUT2D eigenvalue weighted by molar-refractivity contribution is 0.927. The van der Waals surface area contributed by atoms with E-state index in [0.29, 0.717) is 0 Å². The van der Waals surface area contributed by atoms with Gasteiger partial charge in [-0.1, -0.05) is 53.0 Å². The Kier molecular flexibility index (Phi) is 5.30. The number of hydrogen-bond donors (Lipinski definition) is 0. The van der Waals surface area contributed by atoms with Gasteiger partial charge in [0.1, 0.15) is 0 Å². The van der Waals surface area contributed by atoms with E-state index in [2.05, 4.69) is 51.0 Å². The van der Waals surface area contributed by atoms with Gasteiger partial charge in [0, 0.05) is 0 Å². The third-order valence-electron chi connectivity index (χ3n) is 2.97. The van der Waals surface area contributed by atoms with Crippen molar-refractivity contribution in [2.45, 2.75) is 33.6 Å². The smallest absolute Gasteiger partial charge is 0.0119 e. The van der Waals surface area contributed by atoms with E-state index in [4.69, 9.17) is 6.42 Å². The lowest BCUT2D eigenvalue weighted by Gasteiger charge is -2.05. The Morgan fingerprint density at radius 3 is 2.76 bits per heavy atom. The minimum Gasteiger partial charge on any atom is -0.115 e. The Hall–Kier alpha value is -1.74. The first kappa shape index (κ1) is 13.3. The molecule has 0 aliphatic heterocycles. The third kappa shape index (κ3) is 4.74. The quantitative estimate of drug-likeness (QED) is 0.523. The van der Waals surface area contributed by atoms with Crippen LogP contribution in [0.25, 0.3) is 0 Å². The lowest BCUT2D eigenvalue weighted by atomic mass is 10.0. The van der Waals surface area contributed by atoms with Crippen molar-refractivity contribution < 1.29 is 0 Å². The van der Waals surface area contributed by atoms with Crippen molar-refractivity contribution in [2.75, 3.05) is 0 Å². The van der Waals surface area contributed by atoms with Crippen LogP contribution in [0.1, 0.15) is 31.4 Å². The van der Waals surface area contributed by atoms with Crippen molar-refractivity contribution in [3.8, 4) is 12.3 Å². The van der Waals surface area contributed by atoms with Crippen molar-refractivity contribution in [3.05, 3.63) is 58.7 Å². The van der Waals surface area contributed by atoms with Gasteiger partial charge in [-0.2, -0.15) is 0 Å². The average Bonchev–Trinajstić information content (AvgIpc) is 2.33. The highest BCUT2D eigenvalue weighted by molar-refractivity contribution is 5.28. The molecule has 0 heterocycles. The molecule has 1 aromatic carbocycles. The van der Waals surface area contributed by atoms with Crippen molar-refractivity contribution in [1.29, 1.82) is 0 Å². The van der Waals surface area contributed by atoms with Crippen molar-refractivity contribution in [2.24, 2.45) is 0 Å². The normalized spacial score (nSPS) is 12.4. The van der Waals surface area contributed by atoms with Crippen molar-refractivity contribution in [3.63, 3.8) is 0 Å². The molecule has 0 aromatic heterocycles. The van der Waals surface area contributed by atoms with E-state index in [-0.39, 0.29) is 0 Å². The second-order valence-electron chi connectivity index (χ2n) is 4.45. The Bertz CT molecular complexity index is 467. The standard InChI is InChI=1S/C17H20/c1-5-6-9-15(3)16(4)11-12-17-10-7-8-14(2)13-17/h1,6-10,13H,11-12H2,2-4H3/b9-6-,16-15+. The van der Waals surface area contributed by atoms with E-state index >= 15 is 0 Å². The largest absolute Gasteiger partial charge is 0.115 e. The van der Waals surface area contributed by atoms with Gasteiger partial charge in [0.2, 0.25) is 0 Å². The topological polar surface area (TPSA) is 0 Å². The van der Waals surface area contributed by atoms with E-state index in [1.807, 2.05) is 6.08 Å². The molecule has 0 aliphatic carbocycles. The van der Waals surface area contributed by atoms with Gasteiger partial charge in [-0.25, -0.2) is 0 Å². The maximum atomic E-state index is 5.20. The SMILES string of the molecule is C#C/C=C\C(C)=C(/C)CCc1cccc(C)c1. The fourth-order valence-electron chi connectivity index (χ4n) is 1.71. The van der Waals surface area contributed by atoms with Crippen LogP contribution in [0.15, 0.2) is 47.6 Å². The molecule has 0 radical (unpaired) electrons. The Morgan fingerprint density at radius 1 is 1.35 bits per heavy atom.